The van der Waals surface area contributed by atoms with Crippen molar-refractivity contribution in [1.29, 1.82) is 0 Å². The van der Waals surface area contributed by atoms with E-state index in [0.717, 1.165) is 0 Å². The number of hydrogen-bond donors (Lipinski definition) is 0. The fourth-order valence-corrected chi connectivity index (χ4v) is 14.2. The van der Waals surface area contributed by atoms with Crippen molar-refractivity contribution < 1.29 is 52.7 Å². The maximum absolute atomic E-state index is 12.4. The van der Waals surface area contributed by atoms with Gasteiger partial charge in [-0.15, -0.1) is 0 Å². The summed E-state index contributed by atoms with van der Waals surface area (Å²) in [6.07, 6.45) is -24.6. The Morgan fingerprint density at radius 1 is 0.400 bits per heavy atom. The average molecular weight is 555 g/mol. The standard InChI is InChI=1S/C6F12Te2/c7-3(8,9)1(4(10,11)12)19-2(20-1,5(13,14)15)6(16,17)18. The first-order chi connectivity index (χ1) is 8.41. The van der Waals surface area contributed by atoms with Crippen LogP contribution in [0.4, 0.5) is 52.7 Å². The Labute approximate surface area is 122 Å². The fraction of sp³-hybridized carbons (Fsp3) is 1.00. The molecular weight excluding hydrogens is 555 g/mol. The van der Waals surface area contributed by atoms with Crippen molar-refractivity contribution >= 4 is 41.8 Å². The first-order valence-electron chi connectivity index (χ1n) is 4.08. The third-order valence-electron chi connectivity index (χ3n) is 2.07. The summed E-state index contributed by atoms with van der Waals surface area (Å²) >= 11 is -9.08. The summed E-state index contributed by atoms with van der Waals surface area (Å²) in [6, 6.07) is 0. The molecule has 0 radical (unpaired) electrons. The molecule has 1 rings (SSSR count). The van der Waals surface area contributed by atoms with E-state index in [1.54, 1.807) is 0 Å². The molecule has 0 aromatic carbocycles. The summed E-state index contributed by atoms with van der Waals surface area (Å²) in [5, 5.41) is 0. The molecule has 1 aliphatic heterocycles. The Morgan fingerprint density at radius 3 is 0.650 bits per heavy atom. The van der Waals surface area contributed by atoms with Crippen molar-refractivity contribution in [2.45, 2.75) is 27.7 Å². The van der Waals surface area contributed by atoms with Gasteiger partial charge in [-0.1, -0.05) is 0 Å². The molecule has 0 bridgehead atoms. The number of hydrogen-bond acceptors (Lipinski definition) is 0. The van der Waals surface area contributed by atoms with Crippen molar-refractivity contribution in [3.05, 3.63) is 0 Å². The van der Waals surface area contributed by atoms with Crippen LogP contribution in [0.25, 0.3) is 0 Å². The van der Waals surface area contributed by atoms with E-state index in [0.29, 0.717) is 0 Å². The molecule has 14 heteroatoms. The van der Waals surface area contributed by atoms with Gasteiger partial charge in [0.1, 0.15) is 0 Å². The van der Waals surface area contributed by atoms with Crippen LogP contribution in [0, 0.1) is 0 Å². The molecule has 1 heterocycles. The normalized spacial score (nSPS) is 23.4. The molecule has 120 valence electrons. The van der Waals surface area contributed by atoms with Gasteiger partial charge in [0, 0.05) is 0 Å². The minimum atomic E-state index is -6.14. The van der Waals surface area contributed by atoms with Crippen molar-refractivity contribution in [3.63, 3.8) is 0 Å². The Hall–Kier alpha value is 0.739. The molecule has 20 heavy (non-hydrogen) atoms. The van der Waals surface area contributed by atoms with E-state index in [4.69, 9.17) is 0 Å². The molecule has 0 unspecified atom stereocenters. The topological polar surface area (TPSA) is 0 Å². The van der Waals surface area contributed by atoms with Gasteiger partial charge in [-0.3, -0.25) is 0 Å². The molecule has 0 N–H and O–H groups in total. The number of halogens is 12. The van der Waals surface area contributed by atoms with Crippen LogP contribution in [0.3, 0.4) is 0 Å². The third kappa shape index (κ3) is 2.48. The zero-order chi connectivity index (χ0) is 16.4. The van der Waals surface area contributed by atoms with Gasteiger partial charge >= 0.3 is 122 Å². The molecule has 0 aliphatic carbocycles. The second kappa shape index (κ2) is 4.62. The van der Waals surface area contributed by atoms with Crippen LogP contribution in [0.15, 0.2) is 0 Å². The molecule has 0 aromatic heterocycles. The van der Waals surface area contributed by atoms with Crippen molar-refractivity contribution in [2.24, 2.45) is 0 Å². The second-order valence-corrected chi connectivity index (χ2v) is 16.6. The van der Waals surface area contributed by atoms with Gasteiger partial charge in [-0.25, -0.2) is 0 Å². The summed E-state index contributed by atoms with van der Waals surface area (Å²) in [4.78, 5) is 0. The predicted molar refractivity (Wildman–Crippen MR) is 41.1 cm³/mol. The molecule has 0 nitrogen and oxygen atoms in total. The molecular formula is C6F12Te2. The van der Waals surface area contributed by atoms with E-state index >= 15 is 0 Å². The van der Waals surface area contributed by atoms with E-state index in [1.165, 1.54) is 0 Å². The molecule has 0 aromatic rings. The van der Waals surface area contributed by atoms with Gasteiger partial charge in [0.25, 0.3) is 0 Å². The summed E-state index contributed by atoms with van der Waals surface area (Å²) < 4.78 is 139. The average Bonchev–Trinajstić information content (AvgIpc) is 1.87. The molecule has 1 saturated heterocycles. The van der Waals surface area contributed by atoms with Crippen molar-refractivity contribution in [1.82, 2.24) is 0 Å². The van der Waals surface area contributed by atoms with Crippen LogP contribution in [0.1, 0.15) is 0 Å². The number of alkyl halides is 12. The molecule has 1 aliphatic rings. The van der Waals surface area contributed by atoms with Crippen LogP contribution in [-0.4, -0.2) is 66.6 Å². The summed E-state index contributed by atoms with van der Waals surface area (Å²) in [7, 11) is 0. The van der Waals surface area contributed by atoms with E-state index in [2.05, 4.69) is 0 Å². The third-order valence-corrected chi connectivity index (χ3v) is 17.0. The van der Waals surface area contributed by atoms with Gasteiger partial charge in [0.15, 0.2) is 0 Å². The van der Waals surface area contributed by atoms with Crippen LogP contribution in [0.5, 0.6) is 0 Å². The zero-order valence-electron chi connectivity index (χ0n) is 8.35. The predicted octanol–water partition coefficient (Wildman–Crippen LogP) is 3.89. The van der Waals surface area contributed by atoms with Gasteiger partial charge in [-0.05, 0) is 0 Å². The first kappa shape index (κ1) is 18.8. The first-order valence-corrected chi connectivity index (χ1v) is 8.75. The van der Waals surface area contributed by atoms with E-state index in [9.17, 15) is 52.7 Å². The van der Waals surface area contributed by atoms with E-state index in [-0.39, 0.29) is 0 Å². The van der Waals surface area contributed by atoms with Crippen LogP contribution in [-0.2, 0) is 0 Å². The Morgan fingerprint density at radius 2 is 0.550 bits per heavy atom. The van der Waals surface area contributed by atoms with Crippen molar-refractivity contribution in [2.75, 3.05) is 0 Å². The monoisotopic (exact) mass is 560 g/mol. The summed E-state index contributed by atoms with van der Waals surface area (Å²) in [5.41, 5.74) is 0. The van der Waals surface area contributed by atoms with Gasteiger partial charge in [0.05, 0.1) is 0 Å². The van der Waals surface area contributed by atoms with E-state index in [1.807, 2.05) is 0 Å². The fourth-order valence-electron chi connectivity index (χ4n) is 1.20. The molecule has 0 spiro atoms. The minimum absolute atomic E-state index is 4.54. The van der Waals surface area contributed by atoms with Crippen LogP contribution < -0.4 is 0 Å². The number of rotatable bonds is 0. The van der Waals surface area contributed by atoms with Crippen LogP contribution >= 0.6 is 0 Å². The van der Waals surface area contributed by atoms with Crippen molar-refractivity contribution in [3.8, 4) is 0 Å². The van der Waals surface area contributed by atoms with Gasteiger partial charge in [-0.2, -0.15) is 0 Å². The molecule has 0 atom stereocenters. The Kier molecular flexibility index (Phi) is 4.34. The molecule has 1 fully saturated rings. The quantitative estimate of drug-likeness (QED) is 0.315. The van der Waals surface area contributed by atoms with Gasteiger partial charge < -0.3 is 0 Å². The van der Waals surface area contributed by atoms with Gasteiger partial charge in [0.2, 0.25) is 0 Å². The Balaban J connectivity index is 3.33. The Bertz CT molecular complexity index is 309. The second-order valence-electron chi connectivity index (χ2n) is 3.43. The molecule has 0 amide bonds. The maximum atomic E-state index is 12.4. The van der Waals surface area contributed by atoms with E-state index < -0.39 is 69.6 Å². The zero-order valence-corrected chi connectivity index (χ0v) is 13.0. The summed E-state index contributed by atoms with van der Waals surface area (Å²) in [6.45, 7) is 0. The molecule has 0 saturated carbocycles. The van der Waals surface area contributed by atoms with Crippen LogP contribution in [0.2, 0.25) is 3.02 Å². The summed E-state index contributed by atoms with van der Waals surface area (Å²) in [5.74, 6) is 0. The SMILES string of the molecule is FC(F)(F)C1(C(F)(F)F)[Te]C(C(F)(F)F)(C(F)(F)F)[Te]1.